The molecule has 0 saturated heterocycles. The molecule has 0 aliphatic carbocycles. The first-order valence-corrected chi connectivity index (χ1v) is 6.20. The highest BCUT2D eigenvalue weighted by Crippen LogP contribution is 2.17. The second-order valence-corrected chi connectivity index (χ2v) is 4.26. The van der Waals surface area contributed by atoms with Crippen molar-refractivity contribution in [3.8, 4) is 5.88 Å². The summed E-state index contributed by atoms with van der Waals surface area (Å²) in [7, 11) is 1.62. The molecule has 17 heavy (non-hydrogen) atoms. The number of hydrazine groups is 1. The lowest BCUT2D eigenvalue weighted by Crippen LogP contribution is -2.42. The molecule has 4 nitrogen and oxygen atoms in total. The molecule has 0 bridgehead atoms. The van der Waals surface area contributed by atoms with Crippen LogP contribution >= 0.6 is 0 Å². The summed E-state index contributed by atoms with van der Waals surface area (Å²) in [5, 5.41) is 0. The molecule has 1 atom stereocenters. The van der Waals surface area contributed by atoms with Crippen molar-refractivity contribution in [3.05, 3.63) is 23.9 Å². The van der Waals surface area contributed by atoms with Crippen molar-refractivity contribution < 1.29 is 4.74 Å². The topological polar surface area (TPSA) is 60.2 Å². The molecule has 0 aromatic carbocycles. The summed E-state index contributed by atoms with van der Waals surface area (Å²) < 4.78 is 5.04. The van der Waals surface area contributed by atoms with Gasteiger partial charge in [-0.1, -0.05) is 32.8 Å². The average molecular weight is 237 g/mol. The molecule has 1 aromatic heterocycles. The van der Waals surface area contributed by atoms with E-state index >= 15 is 0 Å². The van der Waals surface area contributed by atoms with Crippen molar-refractivity contribution in [2.75, 3.05) is 7.11 Å². The van der Waals surface area contributed by atoms with Crippen molar-refractivity contribution >= 4 is 0 Å². The molecule has 0 radical (unpaired) electrons. The Morgan fingerprint density at radius 1 is 1.35 bits per heavy atom. The van der Waals surface area contributed by atoms with Gasteiger partial charge < -0.3 is 4.74 Å². The van der Waals surface area contributed by atoms with E-state index in [1.165, 1.54) is 5.56 Å². The Morgan fingerprint density at radius 3 is 2.47 bits per heavy atom. The summed E-state index contributed by atoms with van der Waals surface area (Å²) in [4.78, 5) is 4.20. The highest BCUT2D eigenvalue weighted by Gasteiger charge is 2.17. The second-order valence-electron chi connectivity index (χ2n) is 4.26. The van der Waals surface area contributed by atoms with Gasteiger partial charge in [0.05, 0.1) is 7.11 Å². The number of hydrogen-bond donors (Lipinski definition) is 2. The Labute approximate surface area is 104 Å². The van der Waals surface area contributed by atoms with Gasteiger partial charge in [0.15, 0.2) is 0 Å². The van der Waals surface area contributed by atoms with Gasteiger partial charge in [0.1, 0.15) is 0 Å². The number of nitrogens with zero attached hydrogens (tertiary/aromatic N) is 1. The van der Waals surface area contributed by atoms with Gasteiger partial charge in [0.25, 0.3) is 0 Å². The van der Waals surface area contributed by atoms with E-state index in [0.29, 0.717) is 17.8 Å². The van der Waals surface area contributed by atoms with E-state index in [1.807, 2.05) is 18.3 Å². The number of rotatable bonds is 7. The third kappa shape index (κ3) is 3.98. The van der Waals surface area contributed by atoms with Gasteiger partial charge >= 0.3 is 0 Å². The molecular weight excluding hydrogens is 214 g/mol. The predicted molar refractivity (Wildman–Crippen MR) is 69.7 cm³/mol. The number of pyridine rings is 1. The van der Waals surface area contributed by atoms with Crippen LogP contribution in [0.1, 0.15) is 32.3 Å². The summed E-state index contributed by atoms with van der Waals surface area (Å²) >= 11 is 0. The third-order valence-corrected chi connectivity index (χ3v) is 3.29. The Morgan fingerprint density at radius 2 is 2.06 bits per heavy atom. The number of nitrogens with two attached hydrogens (primary N) is 1. The zero-order chi connectivity index (χ0) is 12.7. The van der Waals surface area contributed by atoms with Crippen LogP contribution in [0.5, 0.6) is 5.88 Å². The van der Waals surface area contributed by atoms with Crippen LogP contribution in [0.3, 0.4) is 0 Å². The fourth-order valence-electron chi connectivity index (χ4n) is 2.13. The molecule has 0 aliphatic heterocycles. The lowest BCUT2D eigenvalue weighted by atomic mass is 9.90. The normalized spacial score (nSPS) is 12.8. The number of methoxy groups -OCH3 is 1. The summed E-state index contributed by atoms with van der Waals surface area (Å²) in [5.74, 6) is 6.88. The van der Waals surface area contributed by atoms with E-state index in [-0.39, 0.29) is 0 Å². The standard InChI is InChI=1S/C13H23N3O/c1-4-11(5-2)12(16-14)8-10-6-7-13(17-3)15-9-10/h6-7,9,11-12,16H,4-5,8,14H2,1-3H3. The molecule has 0 saturated carbocycles. The number of ether oxygens (including phenoxy) is 1. The van der Waals surface area contributed by atoms with E-state index in [9.17, 15) is 0 Å². The van der Waals surface area contributed by atoms with Gasteiger partial charge in [-0.15, -0.1) is 0 Å². The summed E-state index contributed by atoms with van der Waals surface area (Å²) in [6.07, 6.45) is 5.02. The molecule has 1 unspecified atom stereocenters. The monoisotopic (exact) mass is 237 g/mol. The molecule has 96 valence electrons. The van der Waals surface area contributed by atoms with Gasteiger partial charge in [-0.2, -0.15) is 0 Å². The number of aromatic nitrogens is 1. The summed E-state index contributed by atoms with van der Waals surface area (Å²) in [5.41, 5.74) is 4.10. The lowest BCUT2D eigenvalue weighted by molar-refractivity contribution is 0.335. The van der Waals surface area contributed by atoms with Crippen LogP contribution in [0, 0.1) is 5.92 Å². The van der Waals surface area contributed by atoms with E-state index in [2.05, 4.69) is 24.3 Å². The third-order valence-electron chi connectivity index (χ3n) is 3.29. The van der Waals surface area contributed by atoms with Gasteiger partial charge in [0, 0.05) is 18.3 Å². The minimum Gasteiger partial charge on any atom is -0.481 e. The van der Waals surface area contributed by atoms with Crippen LogP contribution < -0.4 is 16.0 Å². The Kier molecular flexibility index (Phi) is 5.94. The predicted octanol–water partition coefficient (Wildman–Crippen LogP) is 1.90. The molecule has 1 aromatic rings. The molecule has 4 heteroatoms. The first kappa shape index (κ1) is 13.9. The van der Waals surface area contributed by atoms with E-state index < -0.39 is 0 Å². The highest BCUT2D eigenvalue weighted by molar-refractivity contribution is 5.18. The fraction of sp³-hybridized carbons (Fsp3) is 0.615. The molecule has 0 fully saturated rings. The molecule has 1 rings (SSSR count). The van der Waals surface area contributed by atoms with Crippen LogP contribution in [0.25, 0.3) is 0 Å². The van der Waals surface area contributed by atoms with Crippen LogP contribution in [-0.2, 0) is 6.42 Å². The molecule has 0 amide bonds. The van der Waals surface area contributed by atoms with E-state index in [1.54, 1.807) is 7.11 Å². The smallest absolute Gasteiger partial charge is 0.212 e. The van der Waals surface area contributed by atoms with Crippen molar-refractivity contribution in [2.45, 2.75) is 39.2 Å². The van der Waals surface area contributed by atoms with Crippen molar-refractivity contribution in [2.24, 2.45) is 11.8 Å². The van der Waals surface area contributed by atoms with Gasteiger partial charge in [-0.05, 0) is 17.9 Å². The maximum atomic E-state index is 5.63. The van der Waals surface area contributed by atoms with Gasteiger partial charge in [-0.25, -0.2) is 4.98 Å². The zero-order valence-corrected chi connectivity index (χ0v) is 10.9. The lowest BCUT2D eigenvalue weighted by Gasteiger charge is -2.24. The van der Waals surface area contributed by atoms with E-state index in [0.717, 1.165) is 19.3 Å². The van der Waals surface area contributed by atoms with Crippen molar-refractivity contribution in [3.63, 3.8) is 0 Å². The summed E-state index contributed by atoms with van der Waals surface area (Å²) in [6, 6.07) is 4.23. The first-order valence-electron chi connectivity index (χ1n) is 6.20. The van der Waals surface area contributed by atoms with Crippen LogP contribution in [0.4, 0.5) is 0 Å². The van der Waals surface area contributed by atoms with Crippen molar-refractivity contribution in [1.82, 2.24) is 10.4 Å². The fourth-order valence-corrected chi connectivity index (χ4v) is 2.13. The van der Waals surface area contributed by atoms with Gasteiger partial charge in [0.2, 0.25) is 5.88 Å². The summed E-state index contributed by atoms with van der Waals surface area (Å²) in [6.45, 7) is 4.40. The number of nitrogens with one attached hydrogen (secondary N) is 1. The Balaban J connectivity index is 2.66. The molecule has 1 heterocycles. The van der Waals surface area contributed by atoms with E-state index in [4.69, 9.17) is 10.6 Å². The van der Waals surface area contributed by atoms with Crippen LogP contribution in [0.2, 0.25) is 0 Å². The SMILES string of the molecule is CCC(CC)C(Cc1ccc(OC)nc1)NN. The van der Waals surface area contributed by atoms with Crippen LogP contribution in [-0.4, -0.2) is 18.1 Å². The molecule has 3 N–H and O–H groups in total. The van der Waals surface area contributed by atoms with Gasteiger partial charge in [-0.3, -0.25) is 11.3 Å². The Hall–Kier alpha value is -1.13. The second kappa shape index (κ2) is 7.25. The average Bonchev–Trinajstić information content (AvgIpc) is 2.39. The minimum atomic E-state index is 0.306. The molecule has 0 aliphatic rings. The van der Waals surface area contributed by atoms with Crippen molar-refractivity contribution in [1.29, 1.82) is 0 Å². The molecular formula is C13H23N3O. The zero-order valence-electron chi connectivity index (χ0n) is 10.9. The maximum absolute atomic E-state index is 5.63. The highest BCUT2D eigenvalue weighted by atomic mass is 16.5. The first-order chi connectivity index (χ1) is 8.24. The quantitative estimate of drug-likeness (QED) is 0.561. The maximum Gasteiger partial charge on any atom is 0.212 e. The minimum absolute atomic E-state index is 0.306. The molecule has 0 spiro atoms. The largest absolute Gasteiger partial charge is 0.481 e. The van der Waals surface area contributed by atoms with Crippen LogP contribution in [0.15, 0.2) is 18.3 Å². The Bertz CT molecular complexity index is 309. The number of hydrogen-bond acceptors (Lipinski definition) is 4.